The third kappa shape index (κ3) is 8.94. The van der Waals surface area contributed by atoms with Gasteiger partial charge in [0.25, 0.3) is 10.0 Å². The standard InChI is InChI=1S/C31H41N3O8S/c1-8-9-13-28(35)33(32-30(37)42-31(5,6)7)19-22(4)16-23-11-10-12-25(29(23)36)34(18-21(2)3)43(38,39)24-14-15-26-27(17-24)41-20-40-26/h1,10-12,14-15,17,21-22,36H,9,13,16,18-20H2,2-7H3,(H,32,37)/t22-/m1/s1. The first-order valence-corrected chi connectivity index (χ1v) is 15.5. The number of hydrazine groups is 1. The molecule has 1 aliphatic heterocycles. The van der Waals surface area contributed by atoms with Gasteiger partial charge in [-0.15, -0.1) is 12.3 Å². The Morgan fingerprint density at radius 1 is 1.12 bits per heavy atom. The molecule has 12 heteroatoms. The zero-order valence-electron chi connectivity index (χ0n) is 25.5. The van der Waals surface area contributed by atoms with Gasteiger partial charge in [-0.25, -0.2) is 18.6 Å². The summed E-state index contributed by atoms with van der Waals surface area (Å²) in [4.78, 5) is 25.3. The maximum atomic E-state index is 13.9. The van der Waals surface area contributed by atoms with E-state index in [-0.39, 0.29) is 73.2 Å². The van der Waals surface area contributed by atoms with Crippen LogP contribution in [-0.2, 0) is 26.0 Å². The third-order valence-corrected chi connectivity index (χ3v) is 8.08. The summed E-state index contributed by atoms with van der Waals surface area (Å²) in [6.45, 7) is 11.0. The molecule has 0 bridgehead atoms. The van der Waals surface area contributed by atoms with Crippen LogP contribution in [0.15, 0.2) is 41.3 Å². The smallest absolute Gasteiger partial charge is 0.426 e. The van der Waals surface area contributed by atoms with Crippen molar-refractivity contribution in [2.75, 3.05) is 24.2 Å². The predicted octanol–water partition coefficient (Wildman–Crippen LogP) is 4.83. The fourth-order valence-electron chi connectivity index (χ4n) is 4.45. The van der Waals surface area contributed by atoms with Gasteiger partial charge in [-0.3, -0.25) is 14.1 Å². The summed E-state index contributed by atoms with van der Waals surface area (Å²) in [6, 6.07) is 9.33. The molecule has 0 saturated carbocycles. The Labute approximate surface area is 254 Å². The molecule has 234 valence electrons. The number of benzene rings is 2. The molecule has 0 aliphatic carbocycles. The van der Waals surface area contributed by atoms with E-state index in [1.54, 1.807) is 45.0 Å². The predicted molar refractivity (Wildman–Crippen MR) is 162 cm³/mol. The van der Waals surface area contributed by atoms with Crippen molar-refractivity contribution < 1.29 is 37.3 Å². The molecule has 0 spiro atoms. The van der Waals surface area contributed by atoms with E-state index in [0.29, 0.717) is 17.1 Å². The maximum absolute atomic E-state index is 13.9. The van der Waals surface area contributed by atoms with Crippen LogP contribution in [0.2, 0.25) is 0 Å². The van der Waals surface area contributed by atoms with Crippen molar-refractivity contribution in [1.29, 1.82) is 0 Å². The van der Waals surface area contributed by atoms with Crippen LogP contribution in [0.25, 0.3) is 0 Å². The van der Waals surface area contributed by atoms with Crippen LogP contribution >= 0.6 is 0 Å². The van der Waals surface area contributed by atoms with Crippen molar-refractivity contribution in [2.45, 2.75) is 71.3 Å². The van der Waals surface area contributed by atoms with Gasteiger partial charge < -0.3 is 19.3 Å². The van der Waals surface area contributed by atoms with E-state index in [9.17, 15) is 23.1 Å². The summed E-state index contributed by atoms with van der Waals surface area (Å²) in [5.41, 5.74) is 2.35. The van der Waals surface area contributed by atoms with Gasteiger partial charge in [0.05, 0.1) is 10.6 Å². The number of anilines is 1. The number of ether oxygens (including phenoxy) is 3. The minimum Gasteiger partial charge on any atom is -0.505 e. The fraction of sp³-hybridized carbons (Fsp3) is 0.484. The van der Waals surface area contributed by atoms with Crippen molar-refractivity contribution in [1.82, 2.24) is 10.4 Å². The monoisotopic (exact) mass is 615 g/mol. The molecule has 0 radical (unpaired) electrons. The average molecular weight is 616 g/mol. The summed E-state index contributed by atoms with van der Waals surface area (Å²) in [6.07, 6.45) is 5.04. The highest BCUT2D eigenvalue weighted by Gasteiger charge is 2.31. The molecule has 1 aliphatic rings. The van der Waals surface area contributed by atoms with Crippen molar-refractivity contribution >= 4 is 27.7 Å². The van der Waals surface area contributed by atoms with Crippen LogP contribution in [0.3, 0.4) is 0 Å². The van der Waals surface area contributed by atoms with Gasteiger partial charge in [-0.2, -0.15) is 0 Å². The van der Waals surface area contributed by atoms with Crippen molar-refractivity contribution in [3.63, 3.8) is 0 Å². The second kappa shape index (κ2) is 13.9. The average Bonchev–Trinajstić information content (AvgIpc) is 3.38. The summed E-state index contributed by atoms with van der Waals surface area (Å²) >= 11 is 0. The number of amides is 2. The first-order chi connectivity index (χ1) is 20.1. The molecule has 0 unspecified atom stereocenters. The number of phenols is 1. The Balaban J connectivity index is 1.87. The molecule has 2 aromatic rings. The molecule has 2 aromatic carbocycles. The fourth-order valence-corrected chi connectivity index (χ4v) is 6.10. The molecule has 3 rings (SSSR count). The molecular weight excluding hydrogens is 574 g/mol. The molecule has 0 aromatic heterocycles. The van der Waals surface area contributed by atoms with E-state index in [1.807, 2.05) is 20.8 Å². The Bertz CT molecular complexity index is 1460. The van der Waals surface area contributed by atoms with Crippen LogP contribution in [0.1, 0.15) is 59.9 Å². The van der Waals surface area contributed by atoms with Crippen molar-refractivity contribution in [3.05, 3.63) is 42.0 Å². The topological polar surface area (TPSA) is 135 Å². The highest BCUT2D eigenvalue weighted by atomic mass is 32.2. The zero-order valence-corrected chi connectivity index (χ0v) is 26.4. The molecule has 1 heterocycles. The number of rotatable bonds is 11. The lowest BCUT2D eigenvalue weighted by Crippen LogP contribution is -2.49. The van der Waals surface area contributed by atoms with Crippen LogP contribution in [0.4, 0.5) is 10.5 Å². The van der Waals surface area contributed by atoms with E-state index < -0.39 is 21.7 Å². The first-order valence-electron chi connectivity index (χ1n) is 14.1. The van der Waals surface area contributed by atoms with Crippen LogP contribution in [-0.4, -0.2) is 56.0 Å². The quantitative estimate of drug-likeness (QED) is 0.271. The van der Waals surface area contributed by atoms with Crippen LogP contribution in [0, 0.1) is 24.2 Å². The number of nitrogens with zero attached hydrogens (tertiary/aromatic N) is 2. The van der Waals surface area contributed by atoms with Crippen molar-refractivity contribution in [2.24, 2.45) is 11.8 Å². The lowest BCUT2D eigenvalue weighted by molar-refractivity contribution is -0.135. The first kappa shape index (κ1) is 33.4. The summed E-state index contributed by atoms with van der Waals surface area (Å²) in [5, 5.41) is 12.5. The Morgan fingerprint density at radius 3 is 2.47 bits per heavy atom. The van der Waals surface area contributed by atoms with Gasteiger partial charge in [0.15, 0.2) is 11.5 Å². The second-order valence-corrected chi connectivity index (χ2v) is 13.7. The number of para-hydroxylation sites is 1. The van der Waals surface area contributed by atoms with E-state index >= 15 is 0 Å². The van der Waals surface area contributed by atoms with Gasteiger partial charge in [0.1, 0.15) is 11.4 Å². The van der Waals surface area contributed by atoms with Crippen LogP contribution in [0.5, 0.6) is 17.2 Å². The Kier molecular flexibility index (Phi) is 10.8. The Morgan fingerprint density at radius 2 is 1.81 bits per heavy atom. The molecule has 2 N–H and O–H groups in total. The molecule has 1 atom stereocenters. The molecule has 0 fully saturated rings. The summed E-state index contributed by atoms with van der Waals surface area (Å²) in [7, 11) is -4.10. The molecule has 43 heavy (non-hydrogen) atoms. The van der Waals surface area contributed by atoms with Crippen molar-refractivity contribution in [3.8, 4) is 29.6 Å². The third-order valence-electron chi connectivity index (χ3n) is 6.30. The van der Waals surface area contributed by atoms with Gasteiger partial charge >= 0.3 is 6.09 Å². The van der Waals surface area contributed by atoms with Gasteiger partial charge in [0.2, 0.25) is 12.7 Å². The normalized spacial score (nSPS) is 13.3. The number of nitrogens with one attached hydrogen (secondary N) is 1. The number of sulfonamides is 1. The van der Waals surface area contributed by atoms with E-state index in [2.05, 4.69) is 11.3 Å². The maximum Gasteiger partial charge on any atom is 0.426 e. The van der Waals surface area contributed by atoms with Gasteiger partial charge in [0, 0.05) is 32.0 Å². The number of hydrogen-bond donors (Lipinski definition) is 2. The number of phenolic OH excluding ortho intramolecular Hbond substituents is 1. The SMILES string of the molecule is C#CCCC(=O)N(C[C@H](C)Cc1cccc(N(CC(C)C)S(=O)(=O)c2ccc3c(c2)OCO3)c1O)NC(=O)OC(C)(C)C. The minimum atomic E-state index is -4.10. The molecular formula is C31H41N3O8S. The minimum absolute atomic E-state index is 0.00455. The molecule has 2 amide bonds. The largest absolute Gasteiger partial charge is 0.505 e. The summed E-state index contributed by atoms with van der Waals surface area (Å²) in [5.74, 6) is 2.31. The number of carbonyl (C=O) groups is 2. The van der Waals surface area contributed by atoms with Gasteiger partial charge in [-0.1, -0.05) is 32.9 Å². The lowest BCUT2D eigenvalue weighted by Gasteiger charge is -2.29. The molecule has 0 saturated heterocycles. The number of fused-ring (bicyclic) bond motifs is 1. The van der Waals surface area contributed by atoms with E-state index in [4.69, 9.17) is 20.6 Å². The highest BCUT2D eigenvalue weighted by Crippen LogP contribution is 2.39. The zero-order chi connectivity index (χ0) is 31.9. The van der Waals surface area contributed by atoms with E-state index in [0.717, 1.165) is 0 Å². The lowest BCUT2D eigenvalue weighted by atomic mass is 9.99. The van der Waals surface area contributed by atoms with Gasteiger partial charge in [-0.05, 0) is 62.8 Å². The number of aromatic hydroxyl groups is 1. The second-order valence-electron chi connectivity index (χ2n) is 11.9. The highest BCUT2D eigenvalue weighted by molar-refractivity contribution is 7.92. The summed E-state index contributed by atoms with van der Waals surface area (Å²) < 4.78 is 44.9. The number of carbonyl (C=O) groups excluding carboxylic acids is 2. The Hall–Kier alpha value is -4.11. The van der Waals surface area contributed by atoms with Crippen LogP contribution < -0.4 is 19.2 Å². The van der Waals surface area contributed by atoms with E-state index in [1.165, 1.54) is 21.4 Å². The molecule has 11 nitrogen and oxygen atoms in total. The number of hydrogen-bond acceptors (Lipinski definition) is 8. The number of terminal acetylenes is 1.